The van der Waals surface area contributed by atoms with Crippen molar-refractivity contribution in [3.63, 3.8) is 0 Å². The van der Waals surface area contributed by atoms with E-state index in [0.29, 0.717) is 19.0 Å². The SMILES string of the molecule is CCCCNC(=O)C(C)NCCCC(=O)NC1CC1. The van der Waals surface area contributed by atoms with Gasteiger partial charge < -0.3 is 16.0 Å². The normalized spacial score (nSPS) is 15.9. The smallest absolute Gasteiger partial charge is 0.236 e. The van der Waals surface area contributed by atoms with Gasteiger partial charge in [0.1, 0.15) is 0 Å². The molecule has 2 amide bonds. The number of amides is 2. The molecule has 1 aliphatic rings. The van der Waals surface area contributed by atoms with Gasteiger partial charge in [-0.05, 0) is 39.2 Å². The van der Waals surface area contributed by atoms with Crippen molar-refractivity contribution in [3.8, 4) is 0 Å². The Morgan fingerprint density at radius 1 is 1.21 bits per heavy atom. The molecule has 0 aromatic rings. The molecule has 0 heterocycles. The summed E-state index contributed by atoms with van der Waals surface area (Å²) < 4.78 is 0. The molecule has 19 heavy (non-hydrogen) atoms. The summed E-state index contributed by atoms with van der Waals surface area (Å²) in [4.78, 5) is 23.1. The Balaban J connectivity index is 1.97. The van der Waals surface area contributed by atoms with E-state index in [0.717, 1.165) is 38.6 Å². The maximum Gasteiger partial charge on any atom is 0.236 e. The summed E-state index contributed by atoms with van der Waals surface area (Å²) in [6.45, 7) is 5.39. The number of rotatable bonds is 10. The third kappa shape index (κ3) is 7.82. The fraction of sp³-hybridized carbons (Fsp3) is 0.857. The van der Waals surface area contributed by atoms with E-state index in [1.165, 1.54) is 0 Å². The summed E-state index contributed by atoms with van der Waals surface area (Å²) in [5, 5.41) is 8.98. The molecule has 1 rings (SSSR count). The topological polar surface area (TPSA) is 70.2 Å². The van der Waals surface area contributed by atoms with Gasteiger partial charge in [0.15, 0.2) is 0 Å². The molecule has 110 valence electrons. The summed E-state index contributed by atoms with van der Waals surface area (Å²) in [6, 6.07) is 0.243. The predicted octanol–water partition coefficient (Wildman–Crippen LogP) is 0.940. The van der Waals surface area contributed by atoms with E-state index in [2.05, 4.69) is 22.9 Å². The second kappa shape index (κ2) is 8.91. The molecule has 0 bridgehead atoms. The van der Waals surface area contributed by atoms with Crippen LogP contribution in [0.5, 0.6) is 0 Å². The first-order valence-corrected chi connectivity index (χ1v) is 7.44. The molecule has 1 fully saturated rings. The first kappa shape index (κ1) is 16.0. The van der Waals surface area contributed by atoms with Gasteiger partial charge in [-0.2, -0.15) is 0 Å². The van der Waals surface area contributed by atoms with E-state index < -0.39 is 0 Å². The zero-order valence-electron chi connectivity index (χ0n) is 12.1. The van der Waals surface area contributed by atoms with Crippen molar-refractivity contribution >= 4 is 11.8 Å². The van der Waals surface area contributed by atoms with E-state index in [4.69, 9.17) is 0 Å². The summed E-state index contributed by atoms with van der Waals surface area (Å²) in [5.41, 5.74) is 0. The fourth-order valence-corrected chi connectivity index (χ4v) is 1.73. The van der Waals surface area contributed by atoms with E-state index in [-0.39, 0.29) is 17.9 Å². The van der Waals surface area contributed by atoms with Crippen LogP contribution in [0.25, 0.3) is 0 Å². The van der Waals surface area contributed by atoms with Crippen LogP contribution in [0.1, 0.15) is 52.4 Å². The monoisotopic (exact) mass is 269 g/mol. The first-order chi connectivity index (χ1) is 9.13. The largest absolute Gasteiger partial charge is 0.355 e. The summed E-state index contributed by atoms with van der Waals surface area (Å²) in [6.07, 6.45) is 5.65. The summed E-state index contributed by atoms with van der Waals surface area (Å²) >= 11 is 0. The van der Waals surface area contributed by atoms with E-state index in [1.807, 2.05) is 6.92 Å². The van der Waals surface area contributed by atoms with E-state index in [9.17, 15) is 9.59 Å². The molecule has 5 heteroatoms. The van der Waals surface area contributed by atoms with Gasteiger partial charge in [-0.15, -0.1) is 0 Å². The highest BCUT2D eigenvalue weighted by Gasteiger charge is 2.22. The maximum atomic E-state index is 11.6. The molecule has 1 aliphatic carbocycles. The fourth-order valence-electron chi connectivity index (χ4n) is 1.73. The Kier molecular flexibility index (Phi) is 7.48. The number of carbonyl (C=O) groups excluding carboxylic acids is 2. The van der Waals surface area contributed by atoms with E-state index >= 15 is 0 Å². The van der Waals surface area contributed by atoms with Crippen LogP contribution in [-0.4, -0.2) is 37.0 Å². The van der Waals surface area contributed by atoms with Crippen LogP contribution in [0.3, 0.4) is 0 Å². The Hall–Kier alpha value is -1.10. The van der Waals surface area contributed by atoms with Gasteiger partial charge in [-0.3, -0.25) is 9.59 Å². The molecule has 5 nitrogen and oxygen atoms in total. The molecule has 0 aromatic heterocycles. The van der Waals surface area contributed by atoms with E-state index in [1.54, 1.807) is 0 Å². The third-order valence-corrected chi connectivity index (χ3v) is 3.20. The zero-order chi connectivity index (χ0) is 14.1. The van der Waals surface area contributed by atoms with Crippen LogP contribution in [0.4, 0.5) is 0 Å². The standard InChI is InChI=1S/C14H27N3O2/c1-3-4-9-16-14(19)11(2)15-10-5-6-13(18)17-12-7-8-12/h11-12,15H,3-10H2,1-2H3,(H,16,19)(H,17,18). The average molecular weight is 269 g/mol. The number of nitrogens with one attached hydrogen (secondary N) is 3. The van der Waals surface area contributed by atoms with Gasteiger partial charge in [0.05, 0.1) is 6.04 Å². The summed E-state index contributed by atoms with van der Waals surface area (Å²) in [7, 11) is 0. The number of hydrogen-bond donors (Lipinski definition) is 3. The Morgan fingerprint density at radius 3 is 2.58 bits per heavy atom. The molecular formula is C14H27N3O2. The molecule has 0 aliphatic heterocycles. The Morgan fingerprint density at radius 2 is 1.95 bits per heavy atom. The maximum absolute atomic E-state index is 11.6. The molecule has 0 radical (unpaired) electrons. The van der Waals surface area contributed by atoms with Gasteiger partial charge in [0, 0.05) is 19.0 Å². The van der Waals surface area contributed by atoms with Crippen molar-refractivity contribution in [2.24, 2.45) is 0 Å². The quantitative estimate of drug-likeness (QED) is 0.517. The van der Waals surface area contributed by atoms with Crippen molar-refractivity contribution in [3.05, 3.63) is 0 Å². The molecule has 0 spiro atoms. The van der Waals surface area contributed by atoms with Gasteiger partial charge in [0.25, 0.3) is 0 Å². The second-order valence-electron chi connectivity index (χ2n) is 5.27. The van der Waals surface area contributed by atoms with Gasteiger partial charge >= 0.3 is 0 Å². The van der Waals surface area contributed by atoms with Gasteiger partial charge in [0.2, 0.25) is 11.8 Å². The number of carbonyl (C=O) groups is 2. The average Bonchev–Trinajstić information content (AvgIpc) is 3.18. The van der Waals surface area contributed by atoms with Crippen LogP contribution >= 0.6 is 0 Å². The minimum Gasteiger partial charge on any atom is -0.355 e. The van der Waals surface area contributed by atoms with Crippen LogP contribution in [0.2, 0.25) is 0 Å². The lowest BCUT2D eigenvalue weighted by molar-refractivity contribution is -0.122. The van der Waals surface area contributed by atoms with Crippen molar-refractivity contribution in [1.82, 2.24) is 16.0 Å². The number of hydrogen-bond acceptors (Lipinski definition) is 3. The van der Waals surface area contributed by atoms with Crippen LogP contribution in [0, 0.1) is 0 Å². The van der Waals surface area contributed by atoms with Crippen LogP contribution in [-0.2, 0) is 9.59 Å². The summed E-state index contributed by atoms with van der Waals surface area (Å²) in [5.74, 6) is 0.167. The lowest BCUT2D eigenvalue weighted by atomic mass is 10.2. The molecule has 0 aromatic carbocycles. The van der Waals surface area contributed by atoms with Crippen LogP contribution < -0.4 is 16.0 Å². The van der Waals surface area contributed by atoms with Gasteiger partial charge in [-0.1, -0.05) is 13.3 Å². The molecular weight excluding hydrogens is 242 g/mol. The second-order valence-corrected chi connectivity index (χ2v) is 5.27. The third-order valence-electron chi connectivity index (χ3n) is 3.20. The lowest BCUT2D eigenvalue weighted by Crippen LogP contribution is -2.43. The zero-order valence-corrected chi connectivity index (χ0v) is 12.1. The highest BCUT2D eigenvalue weighted by atomic mass is 16.2. The number of unbranched alkanes of at least 4 members (excludes halogenated alkanes) is 1. The highest BCUT2D eigenvalue weighted by molar-refractivity contribution is 5.81. The van der Waals surface area contributed by atoms with Crippen molar-refractivity contribution < 1.29 is 9.59 Å². The minimum atomic E-state index is -0.191. The molecule has 3 N–H and O–H groups in total. The van der Waals surface area contributed by atoms with Gasteiger partial charge in [-0.25, -0.2) is 0 Å². The lowest BCUT2D eigenvalue weighted by Gasteiger charge is -2.13. The van der Waals surface area contributed by atoms with Crippen molar-refractivity contribution in [1.29, 1.82) is 0 Å². The molecule has 1 atom stereocenters. The Labute approximate surface area is 115 Å². The Bertz CT molecular complexity index is 290. The minimum absolute atomic E-state index is 0.0379. The predicted molar refractivity (Wildman–Crippen MR) is 75.8 cm³/mol. The van der Waals surface area contributed by atoms with Crippen LogP contribution in [0.15, 0.2) is 0 Å². The molecule has 1 saturated carbocycles. The molecule has 0 saturated heterocycles. The molecule has 1 unspecified atom stereocenters. The highest BCUT2D eigenvalue weighted by Crippen LogP contribution is 2.18. The first-order valence-electron chi connectivity index (χ1n) is 7.44. The van der Waals surface area contributed by atoms with Crippen molar-refractivity contribution in [2.45, 2.75) is 64.5 Å². The van der Waals surface area contributed by atoms with Crippen molar-refractivity contribution in [2.75, 3.05) is 13.1 Å².